The van der Waals surface area contributed by atoms with E-state index in [9.17, 15) is 13.5 Å². The van der Waals surface area contributed by atoms with Gasteiger partial charge in [-0.25, -0.2) is 0 Å². The van der Waals surface area contributed by atoms with Gasteiger partial charge in [0.25, 0.3) is 10.1 Å². The van der Waals surface area contributed by atoms with Crippen molar-refractivity contribution >= 4 is 15.8 Å². The number of aliphatic hydroxyl groups excluding tert-OH is 1. The molecule has 0 aliphatic heterocycles. The number of hydrogen-bond donors (Lipinski definition) is 2. The molecule has 1 atom stereocenters. The molecule has 2 N–H and O–H groups in total. The van der Waals surface area contributed by atoms with E-state index in [-0.39, 0.29) is 5.69 Å². The van der Waals surface area contributed by atoms with Crippen LogP contribution in [0.5, 0.6) is 0 Å². The molecule has 1 rings (SSSR count). The summed E-state index contributed by atoms with van der Waals surface area (Å²) in [5.41, 5.74) is -1.43. The van der Waals surface area contributed by atoms with E-state index in [1.165, 1.54) is 12.3 Å². The van der Waals surface area contributed by atoms with E-state index < -0.39 is 15.6 Å². The van der Waals surface area contributed by atoms with Crippen LogP contribution in [0.25, 0.3) is 0 Å². The minimum absolute atomic E-state index is 0.108. The van der Waals surface area contributed by atoms with Crippen molar-refractivity contribution in [1.82, 2.24) is 4.98 Å². The molecule has 7 heteroatoms. The topological polar surface area (TPSA) is 90.7 Å². The molecular formula is C8H12N2O4S. The van der Waals surface area contributed by atoms with Gasteiger partial charge >= 0.3 is 0 Å². The second-order valence-corrected chi connectivity index (χ2v) is 4.68. The minimum atomic E-state index is -4.52. The Labute approximate surface area is 87.9 Å². The quantitative estimate of drug-likeness (QED) is 0.714. The van der Waals surface area contributed by atoms with Crippen LogP contribution in [0.1, 0.15) is 11.1 Å². The van der Waals surface area contributed by atoms with Gasteiger partial charge in [0.15, 0.2) is 0 Å². The first-order valence-electron chi connectivity index (χ1n) is 4.10. The molecule has 1 heterocycles. The molecule has 84 valence electrons. The zero-order valence-electron chi connectivity index (χ0n) is 8.32. The lowest BCUT2D eigenvalue weighted by atomic mass is 10.3. The Morgan fingerprint density at radius 2 is 2.07 bits per heavy atom. The molecule has 0 aromatic carbocycles. The van der Waals surface area contributed by atoms with Crippen LogP contribution in [0, 0.1) is 0 Å². The number of aliphatic hydroxyl groups is 1. The zero-order chi connectivity index (χ0) is 11.6. The summed E-state index contributed by atoms with van der Waals surface area (Å²) in [7, 11) is -0.998. The molecule has 0 radical (unpaired) electrons. The maximum atomic E-state index is 10.7. The van der Waals surface area contributed by atoms with E-state index in [1.54, 1.807) is 25.1 Å². The lowest BCUT2D eigenvalue weighted by Gasteiger charge is -2.14. The Bertz CT molecular complexity index is 444. The first-order valence-corrected chi connectivity index (χ1v) is 5.60. The van der Waals surface area contributed by atoms with Crippen molar-refractivity contribution in [3.8, 4) is 0 Å². The predicted octanol–water partition coefficient (Wildman–Crippen LogP) is 0.0263. The molecule has 1 aromatic heterocycles. The van der Waals surface area contributed by atoms with Crippen LogP contribution in [0.15, 0.2) is 18.3 Å². The summed E-state index contributed by atoms with van der Waals surface area (Å²) in [6.45, 7) is 0. The molecule has 0 amide bonds. The lowest BCUT2D eigenvalue weighted by Crippen LogP contribution is -2.14. The fraction of sp³-hybridized carbons (Fsp3) is 0.375. The highest BCUT2D eigenvalue weighted by molar-refractivity contribution is 7.85. The van der Waals surface area contributed by atoms with Crippen LogP contribution in [0.2, 0.25) is 0 Å². The van der Waals surface area contributed by atoms with Crippen LogP contribution in [-0.2, 0) is 10.1 Å². The fourth-order valence-electron chi connectivity index (χ4n) is 1.00. The Morgan fingerprint density at radius 1 is 1.47 bits per heavy atom. The van der Waals surface area contributed by atoms with E-state index >= 15 is 0 Å². The lowest BCUT2D eigenvalue weighted by molar-refractivity contribution is 0.234. The van der Waals surface area contributed by atoms with Crippen molar-refractivity contribution in [2.24, 2.45) is 0 Å². The van der Waals surface area contributed by atoms with Gasteiger partial charge in [0.2, 0.25) is 5.44 Å². The second-order valence-electron chi connectivity index (χ2n) is 3.20. The van der Waals surface area contributed by atoms with Gasteiger partial charge in [-0.3, -0.25) is 9.54 Å². The number of hydrogen-bond acceptors (Lipinski definition) is 5. The van der Waals surface area contributed by atoms with Gasteiger partial charge in [0.1, 0.15) is 0 Å². The average Bonchev–Trinajstić information content (AvgIpc) is 2.15. The smallest absolute Gasteiger partial charge is 0.298 e. The van der Waals surface area contributed by atoms with Crippen LogP contribution >= 0.6 is 0 Å². The van der Waals surface area contributed by atoms with Gasteiger partial charge in [-0.05, 0) is 12.1 Å². The average molecular weight is 232 g/mol. The highest BCUT2D eigenvalue weighted by Gasteiger charge is 2.23. The first-order chi connectivity index (χ1) is 6.82. The molecule has 0 bridgehead atoms. The highest BCUT2D eigenvalue weighted by atomic mass is 32.2. The maximum Gasteiger partial charge on any atom is 0.298 e. The number of pyridine rings is 1. The van der Waals surface area contributed by atoms with Crippen molar-refractivity contribution in [2.45, 2.75) is 5.44 Å². The Kier molecular flexibility index (Phi) is 3.28. The third-order valence-electron chi connectivity index (χ3n) is 1.82. The van der Waals surface area contributed by atoms with Crippen molar-refractivity contribution in [2.75, 3.05) is 19.0 Å². The van der Waals surface area contributed by atoms with Crippen LogP contribution < -0.4 is 4.90 Å². The van der Waals surface area contributed by atoms with E-state index in [0.717, 1.165) is 0 Å². The number of nitrogens with zero attached hydrogens (tertiary/aromatic N) is 2. The summed E-state index contributed by atoms with van der Waals surface area (Å²) in [6.07, 6.45) is 1.36. The summed E-state index contributed by atoms with van der Waals surface area (Å²) >= 11 is 0. The van der Waals surface area contributed by atoms with Crippen molar-refractivity contribution in [1.29, 1.82) is 0 Å². The summed E-state index contributed by atoms with van der Waals surface area (Å²) in [4.78, 5) is 5.40. The van der Waals surface area contributed by atoms with E-state index in [2.05, 4.69) is 4.98 Å². The number of aromatic nitrogens is 1. The number of rotatable bonds is 3. The normalized spacial score (nSPS) is 13.6. The minimum Gasteiger partial charge on any atom is -0.378 e. The third-order valence-corrected chi connectivity index (χ3v) is 2.62. The van der Waals surface area contributed by atoms with Gasteiger partial charge in [-0.15, -0.1) is 0 Å². The fourth-order valence-corrected chi connectivity index (χ4v) is 1.44. The summed E-state index contributed by atoms with van der Waals surface area (Å²) in [5, 5.41) is 9.24. The maximum absolute atomic E-state index is 10.7. The van der Waals surface area contributed by atoms with E-state index in [4.69, 9.17) is 4.55 Å². The molecule has 0 fully saturated rings. The molecule has 0 saturated carbocycles. The molecule has 0 aliphatic carbocycles. The van der Waals surface area contributed by atoms with Gasteiger partial charge in [-0.1, -0.05) is 0 Å². The molecule has 0 saturated heterocycles. The standard InChI is InChI=1S/C8H12N2O4S/c1-10(2)6-3-4-9-7(5-6)8(11)15(12,13)14/h3-5,8,11H,1-2H3,(H,12,13,14). The van der Waals surface area contributed by atoms with Crippen LogP contribution in [0.3, 0.4) is 0 Å². The first kappa shape index (κ1) is 11.9. The Morgan fingerprint density at radius 3 is 2.53 bits per heavy atom. The Hall–Kier alpha value is -1.18. The molecule has 1 unspecified atom stereocenters. The monoisotopic (exact) mass is 232 g/mol. The summed E-state index contributed by atoms with van der Waals surface area (Å²) in [6, 6.07) is 3.04. The summed E-state index contributed by atoms with van der Waals surface area (Å²) < 4.78 is 30.0. The van der Waals surface area contributed by atoms with Gasteiger partial charge in [0, 0.05) is 26.0 Å². The highest BCUT2D eigenvalue weighted by Crippen LogP contribution is 2.20. The zero-order valence-corrected chi connectivity index (χ0v) is 9.14. The molecule has 15 heavy (non-hydrogen) atoms. The molecular weight excluding hydrogens is 220 g/mol. The van der Waals surface area contributed by atoms with Gasteiger partial charge in [-0.2, -0.15) is 8.42 Å². The third kappa shape index (κ3) is 2.88. The largest absolute Gasteiger partial charge is 0.378 e. The molecule has 1 aromatic rings. The van der Waals surface area contributed by atoms with Crippen LogP contribution in [-0.4, -0.2) is 37.2 Å². The summed E-state index contributed by atoms with van der Waals surface area (Å²) in [5.74, 6) is 0. The molecule has 0 aliphatic rings. The van der Waals surface area contributed by atoms with Crippen molar-refractivity contribution < 1.29 is 18.1 Å². The van der Waals surface area contributed by atoms with E-state index in [1.807, 2.05) is 0 Å². The number of anilines is 1. The van der Waals surface area contributed by atoms with Gasteiger partial charge < -0.3 is 10.0 Å². The van der Waals surface area contributed by atoms with Crippen LogP contribution in [0.4, 0.5) is 5.69 Å². The predicted molar refractivity (Wildman–Crippen MR) is 55.1 cm³/mol. The Balaban J connectivity index is 3.11. The molecule has 6 nitrogen and oxygen atoms in total. The van der Waals surface area contributed by atoms with Crippen molar-refractivity contribution in [3.63, 3.8) is 0 Å². The van der Waals surface area contributed by atoms with E-state index in [0.29, 0.717) is 5.69 Å². The second kappa shape index (κ2) is 4.13. The SMILES string of the molecule is CN(C)c1ccnc(C(O)S(=O)(=O)O)c1. The van der Waals surface area contributed by atoms with Crippen molar-refractivity contribution in [3.05, 3.63) is 24.0 Å². The molecule has 0 spiro atoms. The van der Waals surface area contributed by atoms with Gasteiger partial charge in [0.05, 0.1) is 5.69 Å².